The van der Waals surface area contributed by atoms with E-state index in [1.807, 2.05) is 0 Å². The Hall–Kier alpha value is 0.350. The predicted octanol–water partition coefficient (Wildman–Crippen LogP) is 5.70. The zero-order valence-electron chi connectivity index (χ0n) is 12.3. The summed E-state index contributed by atoms with van der Waals surface area (Å²) in [6.45, 7) is 2.26. The van der Waals surface area contributed by atoms with E-state index in [-0.39, 0.29) is 6.04 Å². The number of nitrogens with two attached hydrogens (primary N) is 1. The molecule has 0 bridgehead atoms. The van der Waals surface area contributed by atoms with Crippen molar-refractivity contribution in [2.45, 2.75) is 64.3 Å². The minimum absolute atomic E-state index is 0.245. The molecule has 0 fully saturated rings. The summed E-state index contributed by atoms with van der Waals surface area (Å²) in [5, 5.41) is 0. The van der Waals surface area contributed by atoms with Gasteiger partial charge in [0.1, 0.15) is 0 Å². The molecule has 0 spiro atoms. The van der Waals surface area contributed by atoms with E-state index < -0.39 is 0 Å². The fraction of sp³-hybridized carbons (Fsp3) is 0.625. The normalized spacial score (nSPS) is 12.6. The SMILES string of the molecule is CCCCCCCCCC(NN)c1cc(I)ccc1Br. The van der Waals surface area contributed by atoms with Crippen LogP contribution in [0.3, 0.4) is 0 Å². The van der Waals surface area contributed by atoms with Gasteiger partial charge in [-0.15, -0.1) is 0 Å². The van der Waals surface area contributed by atoms with Gasteiger partial charge < -0.3 is 0 Å². The smallest absolute Gasteiger partial charge is 0.0471 e. The van der Waals surface area contributed by atoms with E-state index in [4.69, 9.17) is 5.84 Å². The molecule has 3 N–H and O–H groups in total. The van der Waals surface area contributed by atoms with Crippen LogP contribution < -0.4 is 11.3 Å². The van der Waals surface area contributed by atoms with Gasteiger partial charge in [-0.05, 0) is 52.8 Å². The molecule has 0 aliphatic carbocycles. The summed E-state index contributed by atoms with van der Waals surface area (Å²) in [5.74, 6) is 5.73. The van der Waals surface area contributed by atoms with E-state index in [1.54, 1.807) is 0 Å². The number of halogens is 2. The molecule has 0 saturated carbocycles. The molecule has 0 aliphatic rings. The first kappa shape index (κ1) is 18.4. The first-order valence-corrected chi connectivity index (χ1v) is 9.47. The molecular weight excluding hydrogens is 427 g/mol. The highest BCUT2D eigenvalue weighted by molar-refractivity contribution is 14.1. The van der Waals surface area contributed by atoms with Crippen molar-refractivity contribution in [1.29, 1.82) is 0 Å². The monoisotopic (exact) mass is 452 g/mol. The standard InChI is InChI=1S/C16H26BrIN2/c1-2-3-4-5-6-7-8-9-16(20-19)14-12-13(18)10-11-15(14)17/h10-12,16,20H,2-9,19H2,1H3. The van der Waals surface area contributed by atoms with E-state index in [2.05, 4.69) is 69.1 Å². The highest BCUT2D eigenvalue weighted by Crippen LogP contribution is 2.28. The minimum atomic E-state index is 0.245. The van der Waals surface area contributed by atoms with Crippen LogP contribution in [0.5, 0.6) is 0 Å². The molecule has 1 aromatic rings. The average molecular weight is 453 g/mol. The number of rotatable bonds is 10. The van der Waals surface area contributed by atoms with Gasteiger partial charge in [0, 0.05) is 14.1 Å². The van der Waals surface area contributed by atoms with Gasteiger partial charge in [0.15, 0.2) is 0 Å². The Bertz CT molecular complexity index is 385. The number of benzene rings is 1. The zero-order chi connectivity index (χ0) is 14.8. The number of unbranched alkanes of at least 4 members (excludes halogenated alkanes) is 6. The lowest BCUT2D eigenvalue weighted by molar-refractivity contribution is 0.474. The van der Waals surface area contributed by atoms with Crippen molar-refractivity contribution < 1.29 is 0 Å². The van der Waals surface area contributed by atoms with Crippen molar-refractivity contribution in [2.75, 3.05) is 0 Å². The molecule has 0 aliphatic heterocycles. The fourth-order valence-corrected chi connectivity index (χ4v) is 3.45. The van der Waals surface area contributed by atoms with Crippen molar-refractivity contribution in [2.24, 2.45) is 5.84 Å². The predicted molar refractivity (Wildman–Crippen MR) is 99.5 cm³/mol. The first-order chi connectivity index (χ1) is 9.69. The van der Waals surface area contributed by atoms with E-state index in [1.165, 1.54) is 54.1 Å². The van der Waals surface area contributed by atoms with Gasteiger partial charge in [-0.25, -0.2) is 0 Å². The maximum Gasteiger partial charge on any atom is 0.0471 e. The van der Waals surface area contributed by atoms with E-state index in [0.29, 0.717) is 0 Å². The molecule has 0 heterocycles. The summed E-state index contributed by atoms with van der Waals surface area (Å²) < 4.78 is 2.39. The van der Waals surface area contributed by atoms with Gasteiger partial charge in [-0.3, -0.25) is 11.3 Å². The van der Waals surface area contributed by atoms with E-state index in [9.17, 15) is 0 Å². The third-order valence-electron chi connectivity index (χ3n) is 3.63. The van der Waals surface area contributed by atoms with Gasteiger partial charge >= 0.3 is 0 Å². The molecule has 1 unspecified atom stereocenters. The van der Waals surface area contributed by atoms with Crippen molar-refractivity contribution in [3.05, 3.63) is 31.8 Å². The number of nitrogens with one attached hydrogen (secondary N) is 1. The van der Waals surface area contributed by atoms with Crippen LogP contribution in [0.25, 0.3) is 0 Å². The van der Waals surface area contributed by atoms with Crippen LogP contribution in [0.1, 0.15) is 69.9 Å². The number of hydrazine groups is 1. The second-order valence-electron chi connectivity index (χ2n) is 5.30. The summed E-state index contributed by atoms with van der Waals surface area (Å²) in [5.41, 5.74) is 4.23. The van der Waals surface area contributed by atoms with Crippen LogP contribution in [0, 0.1) is 3.57 Å². The number of hydrogen-bond donors (Lipinski definition) is 2. The molecule has 4 heteroatoms. The third kappa shape index (κ3) is 6.87. The van der Waals surface area contributed by atoms with Gasteiger partial charge in [0.05, 0.1) is 0 Å². The summed E-state index contributed by atoms with van der Waals surface area (Å²) >= 11 is 5.97. The Balaban J connectivity index is 2.34. The third-order valence-corrected chi connectivity index (χ3v) is 5.02. The summed E-state index contributed by atoms with van der Waals surface area (Å²) in [6.07, 6.45) is 10.5. The Morgan fingerprint density at radius 2 is 1.80 bits per heavy atom. The summed E-state index contributed by atoms with van der Waals surface area (Å²) in [6, 6.07) is 6.66. The fourth-order valence-electron chi connectivity index (χ4n) is 2.42. The summed E-state index contributed by atoms with van der Waals surface area (Å²) in [7, 11) is 0. The highest BCUT2D eigenvalue weighted by Gasteiger charge is 2.13. The maximum absolute atomic E-state index is 5.73. The largest absolute Gasteiger partial charge is 0.271 e. The highest BCUT2D eigenvalue weighted by atomic mass is 127. The van der Waals surface area contributed by atoms with E-state index in [0.717, 1.165) is 10.9 Å². The Morgan fingerprint density at radius 3 is 2.45 bits per heavy atom. The summed E-state index contributed by atoms with van der Waals surface area (Å²) in [4.78, 5) is 0. The first-order valence-electron chi connectivity index (χ1n) is 7.60. The second kappa shape index (κ2) is 11.0. The van der Waals surface area contributed by atoms with Crippen molar-refractivity contribution >= 4 is 38.5 Å². The topological polar surface area (TPSA) is 38.0 Å². The van der Waals surface area contributed by atoms with Gasteiger partial charge in [0.2, 0.25) is 0 Å². The lowest BCUT2D eigenvalue weighted by Gasteiger charge is -2.18. The Kier molecular flexibility index (Phi) is 10.1. The molecule has 1 aromatic carbocycles. The molecule has 1 rings (SSSR count). The molecule has 1 atom stereocenters. The molecule has 114 valence electrons. The molecule has 0 aromatic heterocycles. The van der Waals surface area contributed by atoms with Gasteiger partial charge in [-0.2, -0.15) is 0 Å². The Labute approximate surface area is 145 Å². The van der Waals surface area contributed by atoms with Crippen LogP contribution in [-0.4, -0.2) is 0 Å². The van der Waals surface area contributed by atoms with Crippen LogP contribution >= 0.6 is 38.5 Å². The van der Waals surface area contributed by atoms with Gasteiger partial charge in [0.25, 0.3) is 0 Å². The lowest BCUT2D eigenvalue weighted by atomic mass is 10.00. The lowest BCUT2D eigenvalue weighted by Crippen LogP contribution is -2.28. The molecular formula is C16H26BrIN2. The molecule has 0 amide bonds. The van der Waals surface area contributed by atoms with Crippen molar-refractivity contribution in [1.82, 2.24) is 5.43 Å². The van der Waals surface area contributed by atoms with Crippen LogP contribution in [0.4, 0.5) is 0 Å². The maximum atomic E-state index is 5.73. The van der Waals surface area contributed by atoms with Crippen molar-refractivity contribution in [3.63, 3.8) is 0 Å². The quantitative estimate of drug-likeness (QED) is 0.207. The molecule has 2 nitrogen and oxygen atoms in total. The average Bonchev–Trinajstić information content (AvgIpc) is 2.45. The van der Waals surface area contributed by atoms with Gasteiger partial charge in [-0.1, -0.05) is 67.8 Å². The van der Waals surface area contributed by atoms with Crippen molar-refractivity contribution in [3.8, 4) is 0 Å². The zero-order valence-corrected chi connectivity index (χ0v) is 16.0. The Morgan fingerprint density at radius 1 is 1.15 bits per heavy atom. The molecule has 0 saturated heterocycles. The van der Waals surface area contributed by atoms with E-state index >= 15 is 0 Å². The van der Waals surface area contributed by atoms with Crippen LogP contribution in [-0.2, 0) is 0 Å². The molecule has 20 heavy (non-hydrogen) atoms. The minimum Gasteiger partial charge on any atom is -0.271 e. The van der Waals surface area contributed by atoms with Crippen LogP contribution in [0.15, 0.2) is 22.7 Å². The second-order valence-corrected chi connectivity index (χ2v) is 7.40. The molecule has 0 radical (unpaired) electrons. The van der Waals surface area contributed by atoms with Crippen LogP contribution in [0.2, 0.25) is 0 Å². The number of hydrogen-bond acceptors (Lipinski definition) is 2.